The van der Waals surface area contributed by atoms with Gasteiger partial charge in [0.05, 0.1) is 0 Å². The van der Waals surface area contributed by atoms with Gasteiger partial charge in [-0.2, -0.15) is 0 Å². The Labute approximate surface area is 90.5 Å². The molecule has 1 aromatic carbocycles. The summed E-state index contributed by atoms with van der Waals surface area (Å²) in [4.78, 5) is 2.31. The molecule has 3 nitrogen and oxygen atoms in total. The number of hydrogen-bond donors (Lipinski definition) is 2. The van der Waals surface area contributed by atoms with E-state index in [0.717, 1.165) is 38.0 Å². The Morgan fingerprint density at radius 1 is 1.40 bits per heavy atom. The molecule has 1 atom stereocenters. The van der Waals surface area contributed by atoms with E-state index in [-0.39, 0.29) is 0 Å². The summed E-state index contributed by atoms with van der Waals surface area (Å²) >= 11 is 0. The van der Waals surface area contributed by atoms with Gasteiger partial charge in [-0.3, -0.25) is 4.90 Å². The highest BCUT2D eigenvalue weighted by Crippen LogP contribution is 2.19. The Kier molecular flexibility index (Phi) is 3.23. The third kappa shape index (κ3) is 2.70. The van der Waals surface area contributed by atoms with E-state index in [1.807, 2.05) is 18.2 Å². The summed E-state index contributed by atoms with van der Waals surface area (Å²) in [6.45, 7) is 2.83. The highest BCUT2D eigenvalue weighted by atomic mass is 16.3. The summed E-state index contributed by atoms with van der Waals surface area (Å²) in [5.41, 5.74) is 6.90. The summed E-state index contributed by atoms with van der Waals surface area (Å²) in [5.74, 6) is 0.386. The molecule has 3 heteroatoms. The van der Waals surface area contributed by atoms with Crippen molar-refractivity contribution in [3.8, 4) is 5.75 Å². The number of para-hydroxylation sites is 1. The van der Waals surface area contributed by atoms with Crippen molar-refractivity contribution in [2.45, 2.75) is 25.4 Å². The number of nitrogens with two attached hydrogens (primary N) is 1. The summed E-state index contributed by atoms with van der Waals surface area (Å²) in [6.07, 6.45) is 2.28. The second-order valence-corrected chi connectivity index (χ2v) is 4.27. The standard InChI is InChI=1S/C12H18N2O/c13-11-5-3-7-14(9-11)8-10-4-1-2-6-12(10)15/h1-2,4,6,11,15H,3,5,7-9,13H2/t11-/m0/s1. The van der Waals surface area contributed by atoms with Crippen molar-refractivity contribution in [2.24, 2.45) is 5.73 Å². The van der Waals surface area contributed by atoms with Crippen LogP contribution in [0.1, 0.15) is 18.4 Å². The monoisotopic (exact) mass is 206 g/mol. The van der Waals surface area contributed by atoms with Gasteiger partial charge in [0, 0.05) is 24.7 Å². The minimum atomic E-state index is 0.296. The van der Waals surface area contributed by atoms with E-state index in [4.69, 9.17) is 5.73 Å². The molecule has 82 valence electrons. The van der Waals surface area contributed by atoms with Crippen molar-refractivity contribution in [3.05, 3.63) is 29.8 Å². The SMILES string of the molecule is N[C@H]1CCCN(Cc2ccccc2O)C1. The molecule has 0 unspecified atom stereocenters. The van der Waals surface area contributed by atoms with Gasteiger partial charge < -0.3 is 10.8 Å². The molecule has 15 heavy (non-hydrogen) atoms. The van der Waals surface area contributed by atoms with E-state index in [1.165, 1.54) is 0 Å². The van der Waals surface area contributed by atoms with Gasteiger partial charge in [0.15, 0.2) is 0 Å². The number of aromatic hydroxyl groups is 1. The van der Waals surface area contributed by atoms with Crippen LogP contribution >= 0.6 is 0 Å². The number of hydrogen-bond acceptors (Lipinski definition) is 3. The third-order valence-electron chi connectivity index (χ3n) is 2.93. The van der Waals surface area contributed by atoms with E-state index in [0.29, 0.717) is 11.8 Å². The Hall–Kier alpha value is -1.06. The molecule has 1 heterocycles. The van der Waals surface area contributed by atoms with E-state index in [9.17, 15) is 5.11 Å². The van der Waals surface area contributed by atoms with Crippen LogP contribution in [0.15, 0.2) is 24.3 Å². The molecule has 2 rings (SSSR count). The van der Waals surface area contributed by atoms with Crippen LogP contribution in [0.5, 0.6) is 5.75 Å². The third-order valence-corrected chi connectivity index (χ3v) is 2.93. The van der Waals surface area contributed by atoms with Crippen LogP contribution < -0.4 is 5.73 Å². The number of phenolic OH excluding ortho intramolecular Hbond substituents is 1. The van der Waals surface area contributed by atoms with Crippen LogP contribution in [0.2, 0.25) is 0 Å². The van der Waals surface area contributed by atoms with Crippen LogP contribution in [0.25, 0.3) is 0 Å². The fourth-order valence-corrected chi connectivity index (χ4v) is 2.12. The molecule has 0 saturated carbocycles. The maximum Gasteiger partial charge on any atom is 0.120 e. The minimum Gasteiger partial charge on any atom is -0.508 e. The zero-order chi connectivity index (χ0) is 10.7. The van der Waals surface area contributed by atoms with Crippen molar-refractivity contribution in [3.63, 3.8) is 0 Å². The molecule has 0 spiro atoms. The number of phenols is 1. The first-order valence-corrected chi connectivity index (χ1v) is 5.50. The summed E-state index contributed by atoms with van der Waals surface area (Å²) < 4.78 is 0. The number of nitrogens with zero attached hydrogens (tertiary/aromatic N) is 1. The molecule has 1 fully saturated rings. The lowest BCUT2D eigenvalue weighted by atomic mass is 10.1. The Bertz CT molecular complexity index is 327. The predicted octanol–water partition coefficient (Wildman–Crippen LogP) is 1.32. The van der Waals surface area contributed by atoms with Crippen molar-refractivity contribution in [1.29, 1.82) is 0 Å². The van der Waals surface area contributed by atoms with Crippen LogP contribution in [0.4, 0.5) is 0 Å². The van der Waals surface area contributed by atoms with Crippen molar-refractivity contribution >= 4 is 0 Å². The molecule has 0 bridgehead atoms. The predicted molar refractivity (Wildman–Crippen MR) is 60.6 cm³/mol. The first-order chi connectivity index (χ1) is 7.25. The van der Waals surface area contributed by atoms with Gasteiger partial charge in [-0.25, -0.2) is 0 Å². The van der Waals surface area contributed by atoms with Gasteiger partial charge in [-0.1, -0.05) is 18.2 Å². The molecule has 0 amide bonds. The van der Waals surface area contributed by atoms with E-state index < -0.39 is 0 Å². The maximum atomic E-state index is 9.65. The van der Waals surface area contributed by atoms with E-state index in [2.05, 4.69) is 4.90 Å². The number of benzene rings is 1. The molecule has 1 aliphatic rings. The number of rotatable bonds is 2. The fourth-order valence-electron chi connectivity index (χ4n) is 2.12. The van der Waals surface area contributed by atoms with Crippen molar-refractivity contribution in [2.75, 3.05) is 13.1 Å². The highest BCUT2D eigenvalue weighted by Gasteiger charge is 2.17. The Balaban J connectivity index is 1.99. The second-order valence-electron chi connectivity index (χ2n) is 4.27. The van der Waals surface area contributed by atoms with E-state index in [1.54, 1.807) is 6.07 Å². The second kappa shape index (κ2) is 4.64. The van der Waals surface area contributed by atoms with E-state index >= 15 is 0 Å². The number of piperidine rings is 1. The molecule has 0 radical (unpaired) electrons. The van der Waals surface area contributed by atoms with Crippen molar-refractivity contribution in [1.82, 2.24) is 4.90 Å². The van der Waals surface area contributed by atoms with Crippen LogP contribution in [0, 0.1) is 0 Å². The largest absolute Gasteiger partial charge is 0.508 e. The lowest BCUT2D eigenvalue weighted by Gasteiger charge is -2.30. The molecule has 0 aromatic heterocycles. The first kappa shape index (κ1) is 10.5. The average Bonchev–Trinajstić information content (AvgIpc) is 2.22. The van der Waals surface area contributed by atoms with Gasteiger partial charge in [0.2, 0.25) is 0 Å². The van der Waals surface area contributed by atoms with Crippen LogP contribution in [-0.4, -0.2) is 29.1 Å². The van der Waals surface area contributed by atoms with Gasteiger partial charge in [-0.05, 0) is 25.5 Å². The lowest BCUT2D eigenvalue weighted by Crippen LogP contribution is -2.42. The maximum absolute atomic E-state index is 9.65. The average molecular weight is 206 g/mol. The van der Waals surface area contributed by atoms with Gasteiger partial charge in [-0.15, -0.1) is 0 Å². The normalized spacial score (nSPS) is 22.9. The molecule has 1 aliphatic heterocycles. The lowest BCUT2D eigenvalue weighted by molar-refractivity contribution is 0.199. The molecule has 3 N–H and O–H groups in total. The van der Waals surface area contributed by atoms with Gasteiger partial charge >= 0.3 is 0 Å². The van der Waals surface area contributed by atoms with Crippen LogP contribution in [0.3, 0.4) is 0 Å². The molecule has 1 aromatic rings. The smallest absolute Gasteiger partial charge is 0.120 e. The van der Waals surface area contributed by atoms with Gasteiger partial charge in [0.25, 0.3) is 0 Å². The minimum absolute atomic E-state index is 0.296. The molecular weight excluding hydrogens is 188 g/mol. The quantitative estimate of drug-likeness (QED) is 0.767. The first-order valence-electron chi connectivity index (χ1n) is 5.50. The zero-order valence-electron chi connectivity index (χ0n) is 8.89. The van der Waals surface area contributed by atoms with Crippen molar-refractivity contribution < 1.29 is 5.11 Å². The highest BCUT2D eigenvalue weighted by molar-refractivity contribution is 5.31. The molecular formula is C12H18N2O. The summed E-state index contributed by atoms with van der Waals surface area (Å²) in [6, 6.07) is 7.80. The molecule has 0 aliphatic carbocycles. The Morgan fingerprint density at radius 3 is 2.93 bits per heavy atom. The number of likely N-dealkylation sites (tertiary alicyclic amines) is 1. The Morgan fingerprint density at radius 2 is 2.20 bits per heavy atom. The summed E-state index contributed by atoms with van der Waals surface area (Å²) in [5, 5.41) is 9.65. The fraction of sp³-hybridized carbons (Fsp3) is 0.500. The zero-order valence-corrected chi connectivity index (χ0v) is 8.89. The topological polar surface area (TPSA) is 49.5 Å². The van der Waals surface area contributed by atoms with Crippen LogP contribution in [-0.2, 0) is 6.54 Å². The summed E-state index contributed by atoms with van der Waals surface area (Å²) in [7, 11) is 0. The van der Waals surface area contributed by atoms with Gasteiger partial charge in [0.1, 0.15) is 5.75 Å². The molecule has 1 saturated heterocycles.